The fraction of sp³-hybridized carbons (Fsp3) is 0.375. The number of carbonyl (C=O) groups excluding carboxylic acids is 1. The van der Waals surface area contributed by atoms with Gasteiger partial charge in [-0.2, -0.15) is 0 Å². The maximum absolute atomic E-state index is 12.5. The number of fused-ring (bicyclic) bond motifs is 1. The molecule has 0 unspecified atom stereocenters. The number of aromatic nitrogens is 2. The molecule has 0 aliphatic heterocycles. The lowest BCUT2D eigenvalue weighted by molar-refractivity contribution is -0.121. The van der Waals surface area contributed by atoms with Crippen LogP contribution in [0.1, 0.15) is 50.4 Å². The summed E-state index contributed by atoms with van der Waals surface area (Å²) in [6.07, 6.45) is 2.67. The van der Waals surface area contributed by atoms with Gasteiger partial charge in [0.15, 0.2) is 0 Å². The van der Waals surface area contributed by atoms with E-state index in [0.717, 1.165) is 41.0 Å². The van der Waals surface area contributed by atoms with Gasteiger partial charge in [0, 0.05) is 41.9 Å². The van der Waals surface area contributed by atoms with E-state index in [0.29, 0.717) is 30.5 Å². The number of hydrogen-bond donors (Lipinski definition) is 1. The van der Waals surface area contributed by atoms with E-state index in [1.165, 1.54) is 0 Å². The summed E-state index contributed by atoms with van der Waals surface area (Å²) in [5.41, 5.74) is 1.97. The molecule has 1 aliphatic carbocycles. The minimum absolute atomic E-state index is 0.0355. The van der Waals surface area contributed by atoms with Crippen molar-refractivity contribution in [2.24, 2.45) is 0 Å². The fourth-order valence-corrected chi connectivity index (χ4v) is 3.73. The van der Waals surface area contributed by atoms with Crippen molar-refractivity contribution in [3.63, 3.8) is 0 Å². The van der Waals surface area contributed by atoms with Crippen molar-refractivity contribution in [1.29, 1.82) is 0 Å². The summed E-state index contributed by atoms with van der Waals surface area (Å²) in [6.45, 7) is 5.39. The van der Waals surface area contributed by atoms with E-state index in [1.807, 2.05) is 48.5 Å². The Balaban J connectivity index is 1.52. The summed E-state index contributed by atoms with van der Waals surface area (Å²) in [5.74, 6) is 2.26. The van der Waals surface area contributed by atoms with E-state index >= 15 is 0 Å². The van der Waals surface area contributed by atoms with Crippen LogP contribution in [0.3, 0.4) is 0 Å². The van der Waals surface area contributed by atoms with Crippen LogP contribution < -0.4 is 10.2 Å². The SMILES string of the molecule is CC(C)N(CCC(=O)NCc1ccccc1)c1nc(C2CC2)nc2cc(Cl)ccc12. The highest BCUT2D eigenvalue weighted by Gasteiger charge is 2.29. The first-order valence-corrected chi connectivity index (χ1v) is 10.9. The molecule has 2 aromatic carbocycles. The van der Waals surface area contributed by atoms with Gasteiger partial charge >= 0.3 is 0 Å². The largest absolute Gasteiger partial charge is 0.353 e. The van der Waals surface area contributed by atoms with Crippen molar-refractivity contribution in [2.45, 2.75) is 51.6 Å². The minimum atomic E-state index is 0.0355. The normalized spacial score (nSPS) is 13.6. The van der Waals surface area contributed by atoms with Crippen molar-refractivity contribution in [1.82, 2.24) is 15.3 Å². The zero-order chi connectivity index (χ0) is 21.1. The average molecular weight is 423 g/mol. The first-order chi connectivity index (χ1) is 14.5. The molecule has 1 aliphatic rings. The van der Waals surface area contributed by atoms with Crippen molar-refractivity contribution in [2.75, 3.05) is 11.4 Å². The molecule has 0 saturated heterocycles. The molecular formula is C24H27ClN4O. The zero-order valence-corrected chi connectivity index (χ0v) is 18.2. The molecule has 1 aromatic heterocycles. The van der Waals surface area contributed by atoms with Gasteiger partial charge < -0.3 is 10.2 Å². The third-order valence-corrected chi connectivity index (χ3v) is 5.64. The van der Waals surface area contributed by atoms with Crippen LogP contribution in [-0.4, -0.2) is 28.5 Å². The van der Waals surface area contributed by atoms with Gasteiger partial charge in [0.1, 0.15) is 11.6 Å². The molecular weight excluding hydrogens is 396 g/mol. The van der Waals surface area contributed by atoms with Crippen molar-refractivity contribution in [3.05, 3.63) is 64.9 Å². The number of amides is 1. The van der Waals surface area contributed by atoms with Crippen LogP contribution in [0.5, 0.6) is 0 Å². The second-order valence-corrected chi connectivity index (χ2v) is 8.58. The second kappa shape index (κ2) is 9.00. The average Bonchev–Trinajstić information content (AvgIpc) is 3.58. The number of nitrogens with zero attached hydrogens (tertiary/aromatic N) is 3. The van der Waals surface area contributed by atoms with Gasteiger partial charge in [-0.15, -0.1) is 0 Å². The number of hydrogen-bond acceptors (Lipinski definition) is 4. The van der Waals surface area contributed by atoms with Crippen LogP contribution in [0.4, 0.5) is 5.82 Å². The highest BCUT2D eigenvalue weighted by molar-refractivity contribution is 6.31. The van der Waals surface area contributed by atoms with Crippen LogP contribution in [0, 0.1) is 0 Å². The Morgan fingerprint density at radius 3 is 2.63 bits per heavy atom. The van der Waals surface area contributed by atoms with E-state index in [-0.39, 0.29) is 11.9 Å². The monoisotopic (exact) mass is 422 g/mol. The predicted octanol–water partition coefficient (Wildman–Crippen LogP) is 5.08. The molecule has 30 heavy (non-hydrogen) atoms. The van der Waals surface area contributed by atoms with Gasteiger partial charge in [-0.3, -0.25) is 4.79 Å². The fourth-order valence-electron chi connectivity index (χ4n) is 3.56. The molecule has 0 spiro atoms. The van der Waals surface area contributed by atoms with Crippen molar-refractivity contribution < 1.29 is 4.79 Å². The van der Waals surface area contributed by atoms with Gasteiger partial charge in [-0.1, -0.05) is 41.9 Å². The van der Waals surface area contributed by atoms with Gasteiger partial charge in [0.25, 0.3) is 0 Å². The molecule has 6 heteroatoms. The Bertz CT molecular complexity index is 1030. The first kappa shape index (κ1) is 20.6. The lowest BCUT2D eigenvalue weighted by atomic mass is 10.1. The van der Waals surface area contributed by atoms with Crippen LogP contribution >= 0.6 is 11.6 Å². The smallest absolute Gasteiger partial charge is 0.222 e. The molecule has 156 valence electrons. The van der Waals surface area contributed by atoms with Crippen LogP contribution in [0.15, 0.2) is 48.5 Å². The van der Waals surface area contributed by atoms with Crippen molar-refractivity contribution in [3.8, 4) is 0 Å². The van der Waals surface area contributed by atoms with Crippen molar-refractivity contribution >= 4 is 34.2 Å². The summed E-state index contributed by atoms with van der Waals surface area (Å²) in [4.78, 5) is 24.4. The molecule has 4 rings (SSSR count). The molecule has 0 radical (unpaired) electrons. The maximum Gasteiger partial charge on any atom is 0.222 e. The predicted molar refractivity (Wildman–Crippen MR) is 122 cm³/mol. The van der Waals surface area contributed by atoms with E-state index < -0.39 is 0 Å². The van der Waals surface area contributed by atoms with Gasteiger partial charge in [-0.25, -0.2) is 9.97 Å². The Morgan fingerprint density at radius 1 is 1.17 bits per heavy atom. The molecule has 0 bridgehead atoms. The summed E-state index contributed by atoms with van der Waals surface area (Å²) in [6, 6.07) is 15.9. The Labute approximate surface area is 182 Å². The minimum Gasteiger partial charge on any atom is -0.353 e. The number of anilines is 1. The Hall–Kier alpha value is -2.66. The van der Waals surface area contributed by atoms with Crippen LogP contribution in [0.2, 0.25) is 5.02 Å². The van der Waals surface area contributed by atoms with Crippen LogP contribution in [-0.2, 0) is 11.3 Å². The molecule has 0 atom stereocenters. The van der Waals surface area contributed by atoms with E-state index in [9.17, 15) is 4.79 Å². The second-order valence-electron chi connectivity index (χ2n) is 8.14. The molecule has 1 fully saturated rings. The zero-order valence-electron chi connectivity index (χ0n) is 17.4. The van der Waals surface area contributed by atoms with E-state index in [2.05, 4.69) is 24.1 Å². The Morgan fingerprint density at radius 2 is 1.93 bits per heavy atom. The molecule has 1 amide bonds. The third-order valence-electron chi connectivity index (χ3n) is 5.41. The quantitative estimate of drug-likeness (QED) is 0.549. The first-order valence-electron chi connectivity index (χ1n) is 10.6. The Kier molecular flexibility index (Phi) is 6.18. The van der Waals surface area contributed by atoms with Gasteiger partial charge in [-0.05, 0) is 50.5 Å². The van der Waals surface area contributed by atoms with Crippen LogP contribution in [0.25, 0.3) is 10.9 Å². The molecule has 1 saturated carbocycles. The lowest BCUT2D eigenvalue weighted by Gasteiger charge is -2.29. The molecule has 5 nitrogen and oxygen atoms in total. The molecule has 1 heterocycles. The standard InChI is InChI=1S/C24H27ClN4O/c1-16(2)29(13-12-22(30)26-15-17-6-4-3-5-7-17)24-20-11-10-19(25)14-21(20)27-23(28-24)18-8-9-18/h3-7,10-11,14,16,18H,8-9,12-13,15H2,1-2H3,(H,26,30). The molecule has 3 aromatic rings. The highest BCUT2D eigenvalue weighted by atomic mass is 35.5. The van der Waals surface area contributed by atoms with Gasteiger partial charge in [0.05, 0.1) is 5.52 Å². The number of benzene rings is 2. The summed E-state index contributed by atoms with van der Waals surface area (Å²) < 4.78 is 0. The molecule has 1 N–H and O–H groups in total. The summed E-state index contributed by atoms with van der Waals surface area (Å²) >= 11 is 6.22. The summed E-state index contributed by atoms with van der Waals surface area (Å²) in [5, 5.41) is 4.66. The third kappa shape index (κ3) is 4.90. The summed E-state index contributed by atoms with van der Waals surface area (Å²) in [7, 11) is 0. The number of rotatable bonds is 8. The maximum atomic E-state index is 12.5. The number of halogens is 1. The van der Waals surface area contributed by atoms with E-state index in [4.69, 9.17) is 21.6 Å². The van der Waals surface area contributed by atoms with Gasteiger partial charge in [0.2, 0.25) is 5.91 Å². The number of carbonyl (C=O) groups is 1. The van der Waals surface area contributed by atoms with E-state index in [1.54, 1.807) is 0 Å². The topological polar surface area (TPSA) is 58.1 Å². The lowest BCUT2D eigenvalue weighted by Crippen LogP contribution is -2.36. The number of nitrogens with one attached hydrogen (secondary N) is 1. The highest BCUT2D eigenvalue weighted by Crippen LogP contribution is 2.40.